The van der Waals surface area contributed by atoms with Crippen LogP contribution >= 0.6 is 0 Å². The lowest BCUT2D eigenvalue weighted by Gasteiger charge is -2.38. The fraction of sp³-hybridized carbons (Fsp3) is 0.409. The molecule has 0 fully saturated rings. The minimum atomic E-state index is -3.63. The van der Waals surface area contributed by atoms with E-state index in [2.05, 4.69) is 5.32 Å². The lowest BCUT2D eigenvalue weighted by molar-refractivity contribution is -0.120. The molecule has 1 amide bonds. The molecule has 0 bridgehead atoms. The molecule has 0 radical (unpaired) electrons. The van der Waals surface area contributed by atoms with E-state index in [1.165, 1.54) is 4.31 Å². The third-order valence-corrected chi connectivity index (χ3v) is 6.37. The molecule has 3 rings (SSSR count). The maximum Gasteiger partial charge on any atom is 0.241 e. The summed E-state index contributed by atoms with van der Waals surface area (Å²) in [6.45, 7) is 7.45. The van der Waals surface area contributed by atoms with Crippen LogP contribution in [-0.2, 0) is 14.8 Å². The molecule has 0 aromatic heterocycles. The quantitative estimate of drug-likeness (QED) is 0.810. The summed E-state index contributed by atoms with van der Waals surface area (Å²) >= 11 is 0. The first-order valence-corrected chi connectivity index (χ1v) is 11.4. The Morgan fingerprint density at radius 3 is 2.55 bits per heavy atom. The van der Waals surface area contributed by atoms with Gasteiger partial charge in [0, 0.05) is 12.0 Å². The van der Waals surface area contributed by atoms with Crippen molar-refractivity contribution in [2.24, 2.45) is 0 Å². The minimum Gasteiger partial charge on any atom is -0.487 e. The van der Waals surface area contributed by atoms with Gasteiger partial charge in [0.1, 0.15) is 17.9 Å². The first-order valence-electron chi connectivity index (χ1n) is 9.59. The highest BCUT2D eigenvalue weighted by Crippen LogP contribution is 2.39. The van der Waals surface area contributed by atoms with E-state index in [0.29, 0.717) is 12.1 Å². The van der Waals surface area contributed by atoms with Crippen LogP contribution in [-0.4, -0.2) is 32.7 Å². The number of fused-ring (bicyclic) bond motifs is 1. The highest BCUT2D eigenvalue weighted by atomic mass is 32.2. The van der Waals surface area contributed by atoms with Gasteiger partial charge in [-0.2, -0.15) is 0 Å². The lowest BCUT2D eigenvalue weighted by atomic mass is 9.89. The number of nitrogens with one attached hydrogen (secondary N) is 1. The van der Waals surface area contributed by atoms with E-state index >= 15 is 0 Å². The number of benzene rings is 2. The summed E-state index contributed by atoms with van der Waals surface area (Å²) in [5.74, 6) is 0.386. The second kappa shape index (κ2) is 7.71. The molecule has 0 unspecified atom stereocenters. The van der Waals surface area contributed by atoms with Crippen LogP contribution in [0, 0.1) is 13.8 Å². The average molecular weight is 417 g/mol. The van der Waals surface area contributed by atoms with Crippen molar-refractivity contribution < 1.29 is 17.9 Å². The number of para-hydroxylation sites is 1. The van der Waals surface area contributed by atoms with Gasteiger partial charge in [0.2, 0.25) is 15.9 Å². The van der Waals surface area contributed by atoms with Crippen molar-refractivity contribution in [2.45, 2.75) is 45.8 Å². The molecule has 2 aromatic rings. The molecule has 2 aromatic carbocycles. The van der Waals surface area contributed by atoms with Gasteiger partial charge in [-0.3, -0.25) is 9.10 Å². The van der Waals surface area contributed by atoms with E-state index in [1.54, 1.807) is 12.1 Å². The van der Waals surface area contributed by atoms with Gasteiger partial charge in [-0.05, 0) is 51.0 Å². The monoisotopic (exact) mass is 416 g/mol. The van der Waals surface area contributed by atoms with Gasteiger partial charge >= 0.3 is 0 Å². The minimum absolute atomic E-state index is 0.248. The fourth-order valence-electron chi connectivity index (χ4n) is 3.69. The number of ether oxygens (including phenoxy) is 1. The van der Waals surface area contributed by atoms with E-state index in [0.717, 1.165) is 28.7 Å². The number of hydrogen-bond donors (Lipinski definition) is 1. The van der Waals surface area contributed by atoms with Crippen molar-refractivity contribution in [1.82, 2.24) is 5.32 Å². The number of carbonyl (C=O) groups is 1. The van der Waals surface area contributed by atoms with Gasteiger partial charge in [-0.15, -0.1) is 0 Å². The van der Waals surface area contributed by atoms with Crippen molar-refractivity contribution in [1.29, 1.82) is 0 Å². The van der Waals surface area contributed by atoms with Crippen LogP contribution in [0.4, 0.5) is 5.69 Å². The van der Waals surface area contributed by atoms with Gasteiger partial charge in [0.05, 0.1) is 18.0 Å². The first kappa shape index (κ1) is 21.2. The van der Waals surface area contributed by atoms with Crippen molar-refractivity contribution >= 4 is 21.6 Å². The van der Waals surface area contributed by atoms with Gasteiger partial charge in [-0.25, -0.2) is 8.42 Å². The van der Waals surface area contributed by atoms with Crippen LogP contribution in [0.1, 0.15) is 43.0 Å². The second-order valence-electron chi connectivity index (χ2n) is 8.21. The predicted molar refractivity (Wildman–Crippen MR) is 115 cm³/mol. The lowest BCUT2D eigenvalue weighted by Crippen LogP contribution is -2.45. The number of carbonyl (C=O) groups excluding carboxylic acids is 1. The maximum absolute atomic E-state index is 12.9. The third kappa shape index (κ3) is 4.72. The molecule has 156 valence electrons. The molecule has 0 saturated carbocycles. The van der Waals surface area contributed by atoms with Crippen LogP contribution in [0.2, 0.25) is 0 Å². The molecule has 0 spiro atoms. The van der Waals surface area contributed by atoms with Crippen LogP contribution in [0.25, 0.3) is 0 Å². The van der Waals surface area contributed by atoms with Crippen LogP contribution in [0.15, 0.2) is 42.5 Å². The Kier molecular flexibility index (Phi) is 5.63. The van der Waals surface area contributed by atoms with Gasteiger partial charge in [0.25, 0.3) is 0 Å². The largest absolute Gasteiger partial charge is 0.487 e. The number of hydrogen-bond acceptors (Lipinski definition) is 4. The highest BCUT2D eigenvalue weighted by molar-refractivity contribution is 7.92. The smallest absolute Gasteiger partial charge is 0.241 e. The Morgan fingerprint density at radius 1 is 1.17 bits per heavy atom. The molecule has 0 aliphatic carbocycles. The van der Waals surface area contributed by atoms with E-state index in [-0.39, 0.29) is 18.5 Å². The Morgan fingerprint density at radius 2 is 1.86 bits per heavy atom. The zero-order valence-corrected chi connectivity index (χ0v) is 18.3. The first-order chi connectivity index (χ1) is 13.5. The molecule has 7 heteroatoms. The Hall–Kier alpha value is -2.54. The highest BCUT2D eigenvalue weighted by Gasteiger charge is 2.35. The van der Waals surface area contributed by atoms with Gasteiger partial charge < -0.3 is 10.1 Å². The van der Waals surface area contributed by atoms with E-state index in [9.17, 15) is 13.2 Å². The number of aryl methyl sites for hydroxylation is 1. The SMILES string of the molecule is Cc1cccc(N(CC(=O)N[C@H]2CC(C)(C)Oc3ccccc32)S(C)(=O)=O)c1C. The summed E-state index contributed by atoms with van der Waals surface area (Å²) < 4.78 is 32.1. The summed E-state index contributed by atoms with van der Waals surface area (Å²) in [5, 5.41) is 3.01. The zero-order valence-electron chi connectivity index (χ0n) is 17.5. The zero-order chi connectivity index (χ0) is 21.4. The molecular formula is C22H28N2O4S. The molecule has 1 aliphatic rings. The fourth-order valence-corrected chi connectivity index (χ4v) is 4.60. The number of nitrogens with zero attached hydrogens (tertiary/aromatic N) is 1. The topological polar surface area (TPSA) is 75.7 Å². The summed E-state index contributed by atoms with van der Waals surface area (Å²) in [6.07, 6.45) is 1.72. The van der Waals surface area contributed by atoms with Gasteiger partial charge in [-0.1, -0.05) is 30.3 Å². The number of amides is 1. The summed E-state index contributed by atoms with van der Waals surface area (Å²) in [4.78, 5) is 12.9. The van der Waals surface area contributed by atoms with Crippen LogP contribution in [0.3, 0.4) is 0 Å². The Balaban J connectivity index is 1.86. The van der Waals surface area contributed by atoms with Crippen molar-refractivity contribution in [3.8, 4) is 5.75 Å². The predicted octanol–water partition coefficient (Wildman–Crippen LogP) is 3.49. The van der Waals surface area contributed by atoms with Crippen molar-refractivity contribution in [2.75, 3.05) is 17.1 Å². The summed E-state index contributed by atoms with van der Waals surface area (Å²) in [7, 11) is -3.63. The molecule has 1 heterocycles. The Bertz CT molecular complexity index is 1030. The molecule has 29 heavy (non-hydrogen) atoms. The summed E-state index contributed by atoms with van der Waals surface area (Å²) in [6, 6.07) is 12.8. The van der Waals surface area contributed by atoms with Crippen LogP contribution < -0.4 is 14.4 Å². The van der Waals surface area contributed by atoms with E-state index in [4.69, 9.17) is 4.74 Å². The molecule has 0 saturated heterocycles. The Labute approximate surface area is 172 Å². The molecule has 1 N–H and O–H groups in total. The number of rotatable bonds is 5. The third-order valence-electron chi connectivity index (χ3n) is 5.24. The van der Waals surface area contributed by atoms with E-state index in [1.807, 2.05) is 58.0 Å². The molecular weight excluding hydrogens is 388 g/mol. The maximum atomic E-state index is 12.9. The molecule has 1 aliphatic heterocycles. The standard InChI is InChI=1S/C22H28N2O4S/c1-15-9-8-11-19(16(15)2)24(29(5,26)27)14-21(25)23-18-13-22(3,4)28-20-12-7-6-10-17(18)20/h6-12,18H,13-14H2,1-5H3,(H,23,25)/t18-/m0/s1. The molecule has 6 nitrogen and oxygen atoms in total. The van der Waals surface area contributed by atoms with Crippen molar-refractivity contribution in [3.63, 3.8) is 0 Å². The number of anilines is 1. The van der Waals surface area contributed by atoms with Gasteiger partial charge in [0.15, 0.2) is 0 Å². The normalized spacial score (nSPS) is 17.8. The van der Waals surface area contributed by atoms with E-state index < -0.39 is 15.6 Å². The van der Waals surface area contributed by atoms with Crippen LogP contribution in [0.5, 0.6) is 5.75 Å². The number of sulfonamides is 1. The van der Waals surface area contributed by atoms with Crippen molar-refractivity contribution in [3.05, 3.63) is 59.2 Å². The molecule has 1 atom stereocenters. The average Bonchev–Trinajstić information content (AvgIpc) is 2.60. The second-order valence-corrected chi connectivity index (χ2v) is 10.1. The summed E-state index contributed by atoms with van der Waals surface area (Å²) in [5.41, 5.74) is 2.80.